The lowest BCUT2D eigenvalue weighted by atomic mass is 9.97. The van der Waals surface area contributed by atoms with Crippen molar-refractivity contribution in [3.63, 3.8) is 0 Å². The van der Waals surface area contributed by atoms with Crippen LogP contribution in [0.25, 0.3) is 0 Å². The van der Waals surface area contributed by atoms with E-state index in [4.69, 9.17) is 0 Å². The Morgan fingerprint density at radius 1 is 1.29 bits per heavy atom. The Hall–Kier alpha value is -0.910. The number of likely N-dealkylation sites (tertiary alicyclic amines) is 1. The minimum absolute atomic E-state index is 0.394. The van der Waals surface area contributed by atoms with Gasteiger partial charge in [-0.3, -0.25) is 4.90 Å². The van der Waals surface area contributed by atoms with E-state index < -0.39 is 9.84 Å². The third kappa shape index (κ3) is 4.53. The number of benzene rings is 1. The van der Waals surface area contributed by atoms with Gasteiger partial charge in [0.1, 0.15) is 0 Å². The summed E-state index contributed by atoms with van der Waals surface area (Å²) in [7, 11) is -3.10. The molecule has 0 aromatic heterocycles. The number of hydrogen-bond donors (Lipinski definition) is 1. The van der Waals surface area contributed by atoms with Crippen LogP contribution in [-0.2, 0) is 16.4 Å². The van der Waals surface area contributed by atoms with Crippen molar-refractivity contribution < 1.29 is 8.42 Å². The normalized spacial score (nSPS) is 24.1. The minimum Gasteiger partial charge on any atom is -0.314 e. The molecule has 1 aromatic carbocycles. The maximum Gasteiger partial charge on any atom is 0.175 e. The summed E-state index contributed by atoms with van der Waals surface area (Å²) in [5.74, 6) is 0. The van der Waals surface area contributed by atoms with E-state index in [9.17, 15) is 8.42 Å². The highest BCUT2D eigenvalue weighted by molar-refractivity contribution is 7.90. The van der Waals surface area contributed by atoms with Crippen molar-refractivity contribution in [3.8, 4) is 0 Å². The molecule has 1 aromatic rings. The van der Waals surface area contributed by atoms with Crippen LogP contribution in [0.3, 0.4) is 0 Å². The second kappa shape index (κ2) is 6.90. The minimum atomic E-state index is -3.10. The van der Waals surface area contributed by atoms with Crippen LogP contribution >= 0.6 is 0 Å². The molecule has 0 saturated carbocycles. The Balaban J connectivity index is 1.96. The predicted molar refractivity (Wildman–Crippen MR) is 86.1 cm³/mol. The first-order valence-corrected chi connectivity index (χ1v) is 9.55. The Morgan fingerprint density at radius 2 is 1.95 bits per heavy atom. The number of piperidine rings is 1. The fourth-order valence-electron chi connectivity index (χ4n) is 3.01. The van der Waals surface area contributed by atoms with Crippen molar-refractivity contribution in [3.05, 3.63) is 29.8 Å². The third-order valence-corrected chi connectivity index (χ3v) is 5.37. The molecule has 21 heavy (non-hydrogen) atoms. The van der Waals surface area contributed by atoms with Crippen molar-refractivity contribution >= 4 is 9.84 Å². The van der Waals surface area contributed by atoms with Gasteiger partial charge in [0.25, 0.3) is 0 Å². The lowest BCUT2D eigenvalue weighted by Gasteiger charge is -2.38. The van der Waals surface area contributed by atoms with Gasteiger partial charge < -0.3 is 5.32 Å². The molecular formula is C16H26N2O2S. The molecule has 1 saturated heterocycles. The SMILES string of the molecule is CCNC1CCN(Cc2ccc(S(C)(=O)=O)cc2)C(C)C1. The zero-order valence-electron chi connectivity index (χ0n) is 13.2. The summed E-state index contributed by atoms with van der Waals surface area (Å²) in [6.45, 7) is 7.44. The van der Waals surface area contributed by atoms with Gasteiger partial charge in [0.2, 0.25) is 0 Å². The molecule has 1 aliphatic heterocycles. The van der Waals surface area contributed by atoms with E-state index in [0.29, 0.717) is 17.0 Å². The topological polar surface area (TPSA) is 49.4 Å². The molecule has 4 nitrogen and oxygen atoms in total. The Labute approximate surface area is 128 Å². The lowest BCUT2D eigenvalue weighted by Crippen LogP contribution is -2.46. The molecule has 0 amide bonds. The summed E-state index contributed by atoms with van der Waals surface area (Å²) in [5.41, 5.74) is 1.18. The van der Waals surface area contributed by atoms with Crippen LogP contribution < -0.4 is 5.32 Å². The molecule has 2 rings (SSSR count). The zero-order valence-corrected chi connectivity index (χ0v) is 14.0. The van der Waals surface area contributed by atoms with Crippen LogP contribution in [0.4, 0.5) is 0 Å². The first kappa shape index (κ1) is 16.5. The molecule has 118 valence electrons. The van der Waals surface area contributed by atoms with E-state index in [0.717, 1.165) is 19.6 Å². The number of nitrogens with one attached hydrogen (secondary N) is 1. The smallest absolute Gasteiger partial charge is 0.175 e. The van der Waals surface area contributed by atoms with Gasteiger partial charge in [-0.25, -0.2) is 8.42 Å². The zero-order chi connectivity index (χ0) is 15.5. The third-order valence-electron chi connectivity index (χ3n) is 4.24. The molecule has 5 heteroatoms. The average molecular weight is 310 g/mol. The highest BCUT2D eigenvalue weighted by Gasteiger charge is 2.24. The van der Waals surface area contributed by atoms with Crippen molar-refractivity contribution in [2.75, 3.05) is 19.3 Å². The van der Waals surface area contributed by atoms with Gasteiger partial charge in [-0.15, -0.1) is 0 Å². The lowest BCUT2D eigenvalue weighted by molar-refractivity contribution is 0.129. The van der Waals surface area contributed by atoms with Crippen LogP contribution in [0, 0.1) is 0 Å². The molecule has 0 radical (unpaired) electrons. The van der Waals surface area contributed by atoms with Crippen LogP contribution in [0.15, 0.2) is 29.2 Å². The van der Waals surface area contributed by atoms with Gasteiger partial charge in [-0.1, -0.05) is 19.1 Å². The second-order valence-electron chi connectivity index (χ2n) is 6.01. The molecule has 2 atom stereocenters. The van der Waals surface area contributed by atoms with Crippen molar-refractivity contribution in [2.45, 2.75) is 50.2 Å². The van der Waals surface area contributed by atoms with E-state index >= 15 is 0 Å². The number of nitrogens with zero attached hydrogens (tertiary/aromatic N) is 1. The molecular weight excluding hydrogens is 284 g/mol. The van der Waals surface area contributed by atoms with Crippen LogP contribution in [0.1, 0.15) is 32.3 Å². The van der Waals surface area contributed by atoms with Crippen LogP contribution in [0.2, 0.25) is 0 Å². The first-order valence-electron chi connectivity index (χ1n) is 7.66. The maximum absolute atomic E-state index is 11.5. The van der Waals surface area contributed by atoms with Gasteiger partial charge in [-0.05, 0) is 44.0 Å². The molecule has 0 aliphatic carbocycles. The van der Waals surface area contributed by atoms with Gasteiger partial charge in [-0.2, -0.15) is 0 Å². The fourth-order valence-corrected chi connectivity index (χ4v) is 3.64. The summed E-state index contributed by atoms with van der Waals surface area (Å²) in [5, 5.41) is 3.53. The van der Waals surface area contributed by atoms with E-state index in [2.05, 4.69) is 24.1 Å². The van der Waals surface area contributed by atoms with E-state index in [1.165, 1.54) is 24.7 Å². The Kier molecular flexibility index (Phi) is 5.41. The standard InChI is InChI=1S/C16H26N2O2S/c1-4-17-15-9-10-18(13(2)11-15)12-14-5-7-16(8-6-14)21(3,19)20/h5-8,13,15,17H,4,9-12H2,1-3H3. The number of hydrogen-bond acceptors (Lipinski definition) is 4. The van der Waals surface area contributed by atoms with Crippen LogP contribution in [0.5, 0.6) is 0 Å². The van der Waals surface area contributed by atoms with E-state index in [-0.39, 0.29) is 0 Å². The quantitative estimate of drug-likeness (QED) is 0.904. The van der Waals surface area contributed by atoms with E-state index in [1.807, 2.05) is 12.1 Å². The molecule has 1 heterocycles. The van der Waals surface area contributed by atoms with Crippen molar-refractivity contribution in [1.29, 1.82) is 0 Å². The average Bonchev–Trinajstić information content (AvgIpc) is 2.42. The van der Waals surface area contributed by atoms with Gasteiger partial charge in [0.05, 0.1) is 4.90 Å². The molecule has 2 unspecified atom stereocenters. The fraction of sp³-hybridized carbons (Fsp3) is 0.625. The summed E-state index contributed by atoms with van der Waals surface area (Å²) in [6, 6.07) is 8.46. The molecule has 1 aliphatic rings. The summed E-state index contributed by atoms with van der Waals surface area (Å²) in [4.78, 5) is 2.87. The van der Waals surface area contributed by atoms with Crippen molar-refractivity contribution in [2.24, 2.45) is 0 Å². The summed E-state index contributed by atoms with van der Waals surface area (Å²) < 4.78 is 22.9. The van der Waals surface area contributed by atoms with Gasteiger partial charge in [0.15, 0.2) is 9.84 Å². The van der Waals surface area contributed by atoms with Crippen molar-refractivity contribution in [1.82, 2.24) is 10.2 Å². The first-order chi connectivity index (χ1) is 9.90. The number of sulfone groups is 1. The summed E-state index contributed by atoms with van der Waals surface area (Å²) >= 11 is 0. The second-order valence-corrected chi connectivity index (χ2v) is 8.03. The summed E-state index contributed by atoms with van der Waals surface area (Å²) in [6.07, 6.45) is 3.60. The Bertz CT molecular complexity index is 554. The van der Waals surface area contributed by atoms with E-state index in [1.54, 1.807) is 12.1 Å². The number of rotatable bonds is 5. The van der Waals surface area contributed by atoms with Crippen LogP contribution in [-0.4, -0.2) is 44.7 Å². The van der Waals surface area contributed by atoms with Gasteiger partial charge >= 0.3 is 0 Å². The molecule has 0 spiro atoms. The molecule has 1 N–H and O–H groups in total. The Morgan fingerprint density at radius 3 is 2.48 bits per heavy atom. The monoisotopic (exact) mass is 310 g/mol. The predicted octanol–water partition coefficient (Wildman–Crippen LogP) is 2.05. The molecule has 0 bridgehead atoms. The largest absolute Gasteiger partial charge is 0.314 e. The molecule has 1 fully saturated rings. The van der Waals surface area contributed by atoms with Gasteiger partial charge in [0, 0.05) is 31.4 Å². The highest BCUT2D eigenvalue weighted by atomic mass is 32.2. The highest BCUT2D eigenvalue weighted by Crippen LogP contribution is 2.20. The maximum atomic E-state index is 11.5.